The van der Waals surface area contributed by atoms with Crippen molar-refractivity contribution in [3.05, 3.63) is 69.5 Å². The molecule has 3 rings (SSSR count). The van der Waals surface area contributed by atoms with Crippen molar-refractivity contribution in [1.29, 1.82) is 5.26 Å². The number of hydrogen-bond acceptors (Lipinski definition) is 4. The van der Waals surface area contributed by atoms with E-state index in [1.807, 2.05) is 30.3 Å². The fraction of sp³-hybridized carbons (Fsp3) is 0.0625. The fourth-order valence-corrected chi connectivity index (χ4v) is 2.73. The van der Waals surface area contributed by atoms with Crippen molar-refractivity contribution in [1.82, 2.24) is 0 Å². The number of rotatable bonds is 1. The lowest BCUT2D eigenvalue weighted by Gasteiger charge is -2.26. The molecule has 0 fully saturated rings. The lowest BCUT2D eigenvalue weighted by molar-refractivity contribution is 0.394. The molecular weight excluding hydrogens is 330 g/mol. The Morgan fingerprint density at radius 1 is 1.10 bits per heavy atom. The van der Waals surface area contributed by atoms with Gasteiger partial charge in [0.15, 0.2) is 0 Å². The molecule has 0 saturated heterocycles. The zero-order chi connectivity index (χ0) is 15.0. The zero-order valence-corrected chi connectivity index (χ0v) is 12.6. The maximum Gasteiger partial charge on any atom is 0.205 e. The second-order valence-corrected chi connectivity index (χ2v) is 5.69. The minimum atomic E-state index is -0.243. The van der Waals surface area contributed by atoms with Crippen LogP contribution in [0, 0.1) is 11.3 Å². The Hall–Kier alpha value is -2.45. The molecule has 1 aliphatic heterocycles. The third-order valence-electron chi connectivity index (χ3n) is 3.45. The van der Waals surface area contributed by atoms with Crippen LogP contribution in [0.15, 0.2) is 58.4 Å². The average molecular weight is 342 g/mol. The van der Waals surface area contributed by atoms with Gasteiger partial charge in [0, 0.05) is 21.8 Å². The van der Waals surface area contributed by atoms with E-state index in [-0.39, 0.29) is 11.8 Å². The number of ether oxygens (including phenoxy) is 1. The molecule has 1 atom stereocenters. The maximum absolute atomic E-state index is 9.43. The average Bonchev–Trinajstić information content (AvgIpc) is 2.46. The lowest BCUT2D eigenvalue weighted by atomic mass is 9.83. The molecule has 1 unspecified atom stereocenters. The number of allylic oxidation sites excluding steroid dienone is 1. The van der Waals surface area contributed by atoms with Crippen molar-refractivity contribution in [3.8, 4) is 11.8 Å². The number of nitrogens with two attached hydrogens (primary N) is 2. The molecule has 2 aromatic carbocycles. The van der Waals surface area contributed by atoms with Crippen LogP contribution in [0.2, 0.25) is 0 Å². The summed E-state index contributed by atoms with van der Waals surface area (Å²) in [6, 6.07) is 15.4. The highest BCUT2D eigenvalue weighted by molar-refractivity contribution is 9.10. The van der Waals surface area contributed by atoms with Crippen LogP contribution >= 0.6 is 15.9 Å². The summed E-state index contributed by atoms with van der Waals surface area (Å²) in [6.45, 7) is 0. The normalized spacial score (nSPS) is 16.9. The van der Waals surface area contributed by atoms with Gasteiger partial charge < -0.3 is 16.2 Å². The second kappa shape index (κ2) is 5.15. The molecule has 2 aromatic rings. The van der Waals surface area contributed by atoms with Crippen LogP contribution in [0.25, 0.3) is 0 Å². The molecule has 1 aliphatic rings. The number of hydrogen-bond donors (Lipinski definition) is 2. The van der Waals surface area contributed by atoms with Crippen LogP contribution in [0.1, 0.15) is 17.0 Å². The van der Waals surface area contributed by atoms with Crippen LogP contribution in [-0.2, 0) is 0 Å². The Morgan fingerprint density at radius 2 is 1.81 bits per heavy atom. The number of nitrogen functional groups attached to an aromatic ring is 1. The van der Waals surface area contributed by atoms with E-state index in [0.717, 1.165) is 15.6 Å². The van der Waals surface area contributed by atoms with Crippen LogP contribution in [-0.4, -0.2) is 0 Å². The Bertz CT molecular complexity index is 775. The summed E-state index contributed by atoms with van der Waals surface area (Å²) in [5.74, 6) is 0.482. The van der Waals surface area contributed by atoms with E-state index in [9.17, 15) is 5.26 Å². The number of halogens is 1. The lowest BCUT2D eigenvalue weighted by Crippen LogP contribution is -2.21. The molecule has 0 radical (unpaired) electrons. The highest BCUT2D eigenvalue weighted by Gasteiger charge is 2.30. The molecule has 104 valence electrons. The fourth-order valence-electron chi connectivity index (χ4n) is 2.47. The predicted octanol–water partition coefficient (Wildman–Crippen LogP) is 3.25. The van der Waals surface area contributed by atoms with Gasteiger partial charge in [-0.25, -0.2) is 0 Å². The molecule has 0 aliphatic carbocycles. The third kappa shape index (κ3) is 2.34. The van der Waals surface area contributed by atoms with Gasteiger partial charge in [-0.1, -0.05) is 34.1 Å². The molecule has 4 nitrogen and oxygen atoms in total. The van der Waals surface area contributed by atoms with Crippen molar-refractivity contribution in [2.75, 3.05) is 5.73 Å². The largest absolute Gasteiger partial charge is 0.440 e. The third-order valence-corrected chi connectivity index (χ3v) is 3.98. The first kappa shape index (κ1) is 13.5. The maximum atomic E-state index is 9.43. The van der Waals surface area contributed by atoms with Gasteiger partial charge >= 0.3 is 0 Å². The van der Waals surface area contributed by atoms with Gasteiger partial charge in [-0.2, -0.15) is 5.26 Å². The van der Waals surface area contributed by atoms with Crippen molar-refractivity contribution in [2.24, 2.45) is 5.73 Å². The number of benzene rings is 2. The van der Waals surface area contributed by atoms with Gasteiger partial charge in [-0.05, 0) is 23.8 Å². The Balaban J connectivity index is 2.21. The SMILES string of the molecule is N#CC1=C(N)Oc2cc(N)ccc2C1c1ccc(Br)cc1. The number of nitriles is 1. The van der Waals surface area contributed by atoms with E-state index in [1.165, 1.54) is 0 Å². The molecule has 5 heteroatoms. The smallest absolute Gasteiger partial charge is 0.205 e. The molecule has 0 amide bonds. The summed E-state index contributed by atoms with van der Waals surface area (Å²) in [5, 5.41) is 9.43. The molecular formula is C16H12BrN3O. The molecule has 0 aromatic heterocycles. The monoisotopic (exact) mass is 341 g/mol. The quantitative estimate of drug-likeness (QED) is 0.779. The highest BCUT2D eigenvalue weighted by atomic mass is 79.9. The van der Waals surface area contributed by atoms with Crippen molar-refractivity contribution in [2.45, 2.75) is 5.92 Å². The van der Waals surface area contributed by atoms with E-state index in [2.05, 4.69) is 22.0 Å². The Kier molecular flexibility index (Phi) is 3.32. The summed E-state index contributed by atoms with van der Waals surface area (Å²) in [4.78, 5) is 0. The summed E-state index contributed by atoms with van der Waals surface area (Å²) >= 11 is 3.41. The van der Waals surface area contributed by atoms with Crippen molar-refractivity contribution in [3.63, 3.8) is 0 Å². The second-order valence-electron chi connectivity index (χ2n) is 4.77. The van der Waals surface area contributed by atoms with Crippen LogP contribution in [0.5, 0.6) is 5.75 Å². The predicted molar refractivity (Wildman–Crippen MR) is 84.3 cm³/mol. The van der Waals surface area contributed by atoms with Gasteiger partial charge in [-0.15, -0.1) is 0 Å². The zero-order valence-electron chi connectivity index (χ0n) is 11.0. The summed E-state index contributed by atoms with van der Waals surface area (Å²) in [6.07, 6.45) is 0. The van der Waals surface area contributed by atoms with Gasteiger partial charge in [-0.3, -0.25) is 0 Å². The van der Waals surface area contributed by atoms with Crippen LogP contribution < -0.4 is 16.2 Å². The Labute approximate surface area is 130 Å². The van der Waals surface area contributed by atoms with E-state index in [4.69, 9.17) is 16.2 Å². The summed E-state index contributed by atoms with van der Waals surface area (Å²) in [7, 11) is 0. The van der Waals surface area contributed by atoms with Gasteiger partial charge in [0.05, 0.1) is 5.92 Å². The van der Waals surface area contributed by atoms with Crippen molar-refractivity contribution < 1.29 is 4.74 Å². The Morgan fingerprint density at radius 3 is 2.48 bits per heavy atom. The summed E-state index contributed by atoms with van der Waals surface area (Å²) < 4.78 is 6.52. The van der Waals surface area contributed by atoms with Crippen LogP contribution in [0.3, 0.4) is 0 Å². The van der Waals surface area contributed by atoms with Gasteiger partial charge in [0.2, 0.25) is 5.88 Å². The molecule has 4 N–H and O–H groups in total. The van der Waals surface area contributed by atoms with E-state index in [1.54, 1.807) is 12.1 Å². The van der Waals surface area contributed by atoms with Gasteiger partial charge in [0.1, 0.15) is 17.4 Å². The van der Waals surface area contributed by atoms with Gasteiger partial charge in [0.25, 0.3) is 0 Å². The molecule has 1 heterocycles. The molecule has 0 saturated carbocycles. The van der Waals surface area contributed by atoms with E-state index < -0.39 is 0 Å². The molecule has 21 heavy (non-hydrogen) atoms. The molecule has 0 spiro atoms. The number of anilines is 1. The minimum Gasteiger partial charge on any atom is -0.440 e. The first-order chi connectivity index (χ1) is 10.1. The first-order valence-corrected chi connectivity index (χ1v) is 7.12. The highest BCUT2D eigenvalue weighted by Crippen LogP contribution is 2.42. The topological polar surface area (TPSA) is 85.1 Å². The number of nitrogens with zero attached hydrogens (tertiary/aromatic N) is 1. The van der Waals surface area contributed by atoms with E-state index >= 15 is 0 Å². The number of fused-ring (bicyclic) bond motifs is 1. The van der Waals surface area contributed by atoms with E-state index in [0.29, 0.717) is 17.0 Å². The van der Waals surface area contributed by atoms with Crippen molar-refractivity contribution >= 4 is 21.6 Å². The minimum absolute atomic E-state index is 0.128. The standard InChI is InChI=1S/C16H12BrN3O/c17-10-3-1-9(2-4-10)15-12-6-5-11(19)7-14(12)21-16(20)13(15)8-18/h1-7,15H,19-20H2. The molecule has 0 bridgehead atoms. The van der Waals surface area contributed by atoms with Crippen LogP contribution in [0.4, 0.5) is 5.69 Å². The summed E-state index contributed by atoms with van der Waals surface area (Å²) in [5.41, 5.74) is 14.6. The first-order valence-electron chi connectivity index (χ1n) is 6.32.